The number of nitrogens with zero attached hydrogens (tertiary/aromatic N) is 1. The van der Waals surface area contributed by atoms with E-state index in [1.54, 1.807) is 6.92 Å². The summed E-state index contributed by atoms with van der Waals surface area (Å²) in [4.78, 5) is 25.9. The Morgan fingerprint density at radius 2 is 2.11 bits per heavy atom. The Bertz CT molecular complexity index is 322. The second kappa shape index (κ2) is 7.45. The van der Waals surface area contributed by atoms with E-state index in [0.29, 0.717) is 0 Å². The molecule has 6 nitrogen and oxygen atoms in total. The van der Waals surface area contributed by atoms with Gasteiger partial charge in [0.25, 0.3) is 0 Å². The second-order valence-electron chi connectivity index (χ2n) is 4.94. The van der Waals surface area contributed by atoms with Crippen LogP contribution in [0.25, 0.3) is 0 Å². The van der Waals surface area contributed by atoms with E-state index in [1.807, 2.05) is 11.8 Å². The lowest BCUT2D eigenvalue weighted by Gasteiger charge is -2.30. The molecule has 0 spiro atoms. The summed E-state index contributed by atoms with van der Waals surface area (Å²) in [5.74, 6) is -0.389. The summed E-state index contributed by atoms with van der Waals surface area (Å²) in [6.45, 7) is 4.48. The number of carbonyl (C=O) groups excluding carboxylic acids is 2. The molecule has 1 fully saturated rings. The third kappa shape index (κ3) is 4.18. The van der Waals surface area contributed by atoms with E-state index in [9.17, 15) is 9.59 Å². The predicted octanol–water partition coefficient (Wildman–Crippen LogP) is 0.163. The van der Waals surface area contributed by atoms with Crippen LogP contribution in [0.15, 0.2) is 0 Å². The highest BCUT2D eigenvalue weighted by Crippen LogP contribution is 2.18. The molecular formula is C13H24N2O4. The maximum absolute atomic E-state index is 12.5. The Labute approximate surface area is 114 Å². The van der Waals surface area contributed by atoms with Gasteiger partial charge >= 0.3 is 0 Å². The molecule has 3 atom stereocenters. The molecule has 0 bridgehead atoms. The van der Waals surface area contributed by atoms with Crippen LogP contribution in [0, 0.1) is 0 Å². The normalized spacial score (nSPS) is 22.1. The molecule has 110 valence electrons. The summed E-state index contributed by atoms with van der Waals surface area (Å²) < 4.78 is 9.97. The second-order valence-corrected chi connectivity index (χ2v) is 4.94. The van der Waals surface area contributed by atoms with E-state index in [0.717, 1.165) is 19.4 Å². The van der Waals surface area contributed by atoms with Gasteiger partial charge < -0.3 is 19.7 Å². The number of methoxy groups -OCH3 is 2. The molecule has 19 heavy (non-hydrogen) atoms. The van der Waals surface area contributed by atoms with E-state index in [-0.39, 0.29) is 30.6 Å². The molecule has 0 aromatic rings. The van der Waals surface area contributed by atoms with Gasteiger partial charge in [0.05, 0.1) is 6.10 Å². The predicted molar refractivity (Wildman–Crippen MR) is 70.7 cm³/mol. The third-order valence-corrected chi connectivity index (χ3v) is 3.54. The molecule has 2 amide bonds. The van der Waals surface area contributed by atoms with E-state index in [1.165, 1.54) is 14.2 Å². The summed E-state index contributed by atoms with van der Waals surface area (Å²) >= 11 is 0. The average molecular weight is 272 g/mol. The first-order chi connectivity index (χ1) is 9.01. The lowest BCUT2D eigenvalue weighted by atomic mass is 10.1. The van der Waals surface area contributed by atoms with Gasteiger partial charge in [-0.05, 0) is 26.7 Å². The van der Waals surface area contributed by atoms with Crippen molar-refractivity contribution >= 4 is 11.8 Å². The largest absolute Gasteiger partial charge is 0.379 e. The van der Waals surface area contributed by atoms with Crippen molar-refractivity contribution in [2.45, 2.75) is 44.9 Å². The van der Waals surface area contributed by atoms with Crippen LogP contribution in [0.4, 0.5) is 0 Å². The number of rotatable bonds is 6. The molecule has 1 heterocycles. The molecule has 0 aliphatic carbocycles. The Morgan fingerprint density at radius 1 is 1.42 bits per heavy atom. The smallest absolute Gasteiger partial charge is 0.248 e. The summed E-state index contributed by atoms with van der Waals surface area (Å²) in [6, 6.07) is -0.438. The van der Waals surface area contributed by atoms with Crippen LogP contribution in [0.3, 0.4) is 0 Å². The lowest BCUT2D eigenvalue weighted by molar-refractivity contribution is -0.141. The number of ether oxygens (including phenoxy) is 2. The standard InChI is InChI=1S/C13H24N2O4/c1-9-6-5-7-15(9)13(17)12(10(2)19-4)14-11(16)8-18-3/h9-10,12H,5-8H2,1-4H3,(H,14,16). The van der Waals surface area contributed by atoms with Crippen LogP contribution < -0.4 is 5.32 Å². The molecule has 0 radical (unpaired) electrons. The van der Waals surface area contributed by atoms with E-state index < -0.39 is 6.04 Å². The first-order valence-electron chi connectivity index (χ1n) is 6.62. The minimum atomic E-state index is -0.659. The van der Waals surface area contributed by atoms with E-state index in [2.05, 4.69) is 5.32 Å². The topological polar surface area (TPSA) is 67.9 Å². The monoisotopic (exact) mass is 272 g/mol. The van der Waals surface area contributed by atoms with Gasteiger partial charge in [-0.25, -0.2) is 0 Å². The van der Waals surface area contributed by atoms with Crippen molar-refractivity contribution in [1.82, 2.24) is 10.2 Å². The SMILES string of the molecule is COCC(=O)NC(C(=O)N1CCCC1C)C(C)OC. The van der Waals surface area contributed by atoms with E-state index in [4.69, 9.17) is 9.47 Å². The molecule has 1 saturated heterocycles. The van der Waals surface area contributed by atoms with Crippen molar-refractivity contribution in [3.8, 4) is 0 Å². The maximum Gasteiger partial charge on any atom is 0.248 e. The number of nitrogens with one attached hydrogen (secondary N) is 1. The highest BCUT2D eigenvalue weighted by molar-refractivity contribution is 5.88. The number of hydrogen-bond acceptors (Lipinski definition) is 4. The van der Waals surface area contributed by atoms with Crippen molar-refractivity contribution in [2.75, 3.05) is 27.4 Å². The summed E-state index contributed by atoms with van der Waals surface area (Å²) in [6.07, 6.45) is 1.64. The molecular weight excluding hydrogens is 248 g/mol. The maximum atomic E-state index is 12.5. The van der Waals surface area contributed by atoms with Crippen LogP contribution in [0.5, 0.6) is 0 Å². The number of hydrogen-bond donors (Lipinski definition) is 1. The van der Waals surface area contributed by atoms with Crippen LogP contribution in [-0.2, 0) is 19.1 Å². The van der Waals surface area contributed by atoms with Gasteiger partial charge in [-0.3, -0.25) is 9.59 Å². The quantitative estimate of drug-likeness (QED) is 0.748. The van der Waals surface area contributed by atoms with Crippen molar-refractivity contribution < 1.29 is 19.1 Å². The van der Waals surface area contributed by atoms with Gasteiger partial charge in [0.2, 0.25) is 11.8 Å². The van der Waals surface area contributed by atoms with Crippen LogP contribution in [0.2, 0.25) is 0 Å². The summed E-state index contributed by atoms with van der Waals surface area (Å²) in [5.41, 5.74) is 0. The first-order valence-corrected chi connectivity index (χ1v) is 6.62. The fourth-order valence-corrected chi connectivity index (χ4v) is 2.30. The Hall–Kier alpha value is -1.14. The molecule has 1 aliphatic rings. The van der Waals surface area contributed by atoms with Gasteiger partial charge in [-0.2, -0.15) is 0 Å². The van der Waals surface area contributed by atoms with Crippen molar-refractivity contribution in [1.29, 1.82) is 0 Å². The molecule has 3 unspecified atom stereocenters. The number of carbonyl (C=O) groups is 2. The van der Waals surface area contributed by atoms with Gasteiger partial charge in [0, 0.05) is 26.8 Å². The highest BCUT2D eigenvalue weighted by atomic mass is 16.5. The minimum absolute atomic E-state index is 0.0598. The fraction of sp³-hybridized carbons (Fsp3) is 0.846. The zero-order valence-corrected chi connectivity index (χ0v) is 12.1. The van der Waals surface area contributed by atoms with Crippen molar-refractivity contribution in [2.24, 2.45) is 0 Å². The third-order valence-electron chi connectivity index (χ3n) is 3.54. The Morgan fingerprint density at radius 3 is 2.58 bits per heavy atom. The Balaban J connectivity index is 2.72. The van der Waals surface area contributed by atoms with Gasteiger partial charge in [-0.1, -0.05) is 0 Å². The first kappa shape index (κ1) is 15.9. The van der Waals surface area contributed by atoms with Crippen molar-refractivity contribution in [3.05, 3.63) is 0 Å². The zero-order chi connectivity index (χ0) is 14.4. The molecule has 1 N–H and O–H groups in total. The molecule has 0 saturated carbocycles. The van der Waals surface area contributed by atoms with Crippen LogP contribution >= 0.6 is 0 Å². The molecule has 6 heteroatoms. The number of likely N-dealkylation sites (tertiary alicyclic amines) is 1. The molecule has 0 aromatic carbocycles. The summed E-state index contributed by atoms with van der Waals surface area (Å²) in [7, 11) is 2.97. The van der Waals surface area contributed by atoms with Crippen LogP contribution in [0.1, 0.15) is 26.7 Å². The number of amides is 2. The fourth-order valence-electron chi connectivity index (χ4n) is 2.30. The van der Waals surface area contributed by atoms with Gasteiger partial charge in [0.1, 0.15) is 12.6 Å². The molecule has 1 rings (SSSR count). The van der Waals surface area contributed by atoms with E-state index >= 15 is 0 Å². The van der Waals surface area contributed by atoms with Gasteiger partial charge in [-0.15, -0.1) is 0 Å². The van der Waals surface area contributed by atoms with Crippen LogP contribution in [-0.4, -0.2) is 62.3 Å². The highest BCUT2D eigenvalue weighted by Gasteiger charge is 2.34. The van der Waals surface area contributed by atoms with Gasteiger partial charge in [0.15, 0.2) is 0 Å². The molecule has 1 aliphatic heterocycles. The lowest BCUT2D eigenvalue weighted by Crippen LogP contribution is -2.55. The zero-order valence-electron chi connectivity index (χ0n) is 12.1. The van der Waals surface area contributed by atoms with Crippen molar-refractivity contribution in [3.63, 3.8) is 0 Å². The molecule has 0 aromatic heterocycles. The summed E-state index contributed by atoms with van der Waals surface area (Å²) in [5, 5.41) is 2.69. The minimum Gasteiger partial charge on any atom is -0.379 e. The Kier molecular flexibility index (Phi) is 6.24. The average Bonchev–Trinajstić information content (AvgIpc) is 2.81.